The molecule has 0 fully saturated rings. The molecule has 0 radical (unpaired) electrons. The van der Waals surface area contributed by atoms with Gasteiger partial charge >= 0.3 is 0 Å². The zero-order chi connectivity index (χ0) is 9.42. The largest absolute Gasteiger partial charge is 0.275 e. The molecular formula is C9H6BrN3. The highest BCUT2D eigenvalue weighted by Crippen LogP contribution is 2.23. The summed E-state index contributed by atoms with van der Waals surface area (Å²) in [5, 5.41) is 14.0. The highest BCUT2D eigenvalue weighted by Gasteiger charge is 2.04. The van der Waals surface area contributed by atoms with Crippen molar-refractivity contribution in [3.63, 3.8) is 0 Å². The van der Waals surface area contributed by atoms with Crippen molar-refractivity contribution in [1.29, 1.82) is 5.26 Å². The van der Waals surface area contributed by atoms with E-state index >= 15 is 0 Å². The number of benzene rings is 1. The van der Waals surface area contributed by atoms with Crippen LogP contribution in [0.15, 0.2) is 22.8 Å². The lowest BCUT2D eigenvalue weighted by Crippen LogP contribution is -1.85. The molecule has 64 valence electrons. The smallest absolute Gasteiger partial charge is 0.107 e. The number of aromatic nitrogens is 2. The van der Waals surface area contributed by atoms with Crippen LogP contribution < -0.4 is 0 Å². The van der Waals surface area contributed by atoms with Gasteiger partial charge in [-0.15, -0.1) is 0 Å². The van der Waals surface area contributed by atoms with E-state index in [4.69, 9.17) is 5.26 Å². The number of nitriles is 1. The van der Waals surface area contributed by atoms with Gasteiger partial charge in [0.25, 0.3) is 0 Å². The van der Waals surface area contributed by atoms with E-state index in [1.54, 1.807) is 10.7 Å². The highest BCUT2D eigenvalue weighted by molar-refractivity contribution is 9.10. The summed E-state index contributed by atoms with van der Waals surface area (Å²) in [5.74, 6) is 0. The molecule has 0 saturated heterocycles. The van der Waals surface area contributed by atoms with E-state index in [1.165, 1.54) is 0 Å². The van der Waals surface area contributed by atoms with Gasteiger partial charge in [-0.25, -0.2) is 0 Å². The molecule has 2 rings (SSSR count). The van der Waals surface area contributed by atoms with E-state index in [0.29, 0.717) is 5.56 Å². The van der Waals surface area contributed by atoms with Gasteiger partial charge in [-0.3, -0.25) is 4.68 Å². The maximum Gasteiger partial charge on any atom is 0.107 e. The van der Waals surface area contributed by atoms with Crippen LogP contribution in [0.2, 0.25) is 0 Å². The molecule has 0 amide bonds. The SMILES string of the molecule is Cn1cc2cc(C#N)cc(Br)c2n1. The van der Waals surface area contributed by atoms with Gasteiger partial charge in [0.05, 0.1) is 11.6 Å². The Kier molecular flexibility index (Phi) is 1.82. The molecule has 0 aliphatic rings. The quantitative estimate of drug-likeness (QED) is 0.703. The molecule has 4 heteroatoms. The molecule has 0 atom stereocenters. The first kappa shape index (κ1) is 8.27. The number of hydrogen-bond acceptors (Lipinski definition) is 2. The fourth-order valence-electron chi connectivity index (χ4n) is 1.28. The fraction of sp³-hybridized carbons (Fsp3) is 0.111. The third-order valence-corrected chi connectivity index (χ3v) is 2.41. The molecule has 1 heterocycles. The molecule has 13 heavy (non-hydrogen) atoms. The molecule has 1 aromatic heterocycles. The summed E-state index contributed by atoms with van der Waals surface area (Å²) in [5.41, 5.74) is 1.54. The predicted octanol–water partition coefficient (Wildman–Crippen LogP) is 2.21. The lowest BCUT2D eigenvalue weighted by molar-refractivity contribution is 0.779. The Bertz CT molecular complexity index is 507. The summed E-state index contributed by atoms with van der Waals surface area (Å²) in [6.45, 7) is 0. The van der Waals surface area contributed by atoms with E-state index in [2.05, 4.69) is 27.1 Å². The Morgan fingerprint density at radius 2 is 2.31 bits per heavy atom. The predicted molar refractivity (Wildman–Crippen MR) is 53.1 cm³/mol. The third kappa shape index (κ3) is 1.31. The normalized spacial score (nSPS) is 10.2. The summed E-state index contributed by atoms with van der Waals surface area (Å²) in [4.78, 5) is 0. The zero-order valence-electron chi connectivity index (χ0n) is 6.95. The van der Waals surface area contributed by atoms with E-state index in [1.807, 2.05) is 19.3 Å². The second-order valence-electron chi connectivity index (χ2n) is 2.81. The van der Waals surface area contributed by atoms with Crippen molar-refractivity contribution in [2.45, 2.75) is 0 Å². The minimum atomic E-state index is 0.646. The molecule has 0 N–H and O–H groups in total. The minimum Gasteiger partial charge on any atom is -0.275 e. The Balaban J connectivity index is 2.85. The minimum absolute atomic E-state index is 0.646. The molecule has 0 spiro atoms. The number of nitrogens with zero attached hydrogens (tertiary/aromatic N) is 3. The van der Waals surface area contributed by atoms with E-state index in [0.717, 1.165) is 15.4 Å². The molecule has 0 saturated carbocycles. The van der Waals surface area contributed by atoms with Crippen LogP contribution in [0.5, 0.6) is 0 Å². The first-order valence-corrected chi connectivity index (χ1v) is 4.53. The van der Waals surface area contributed by atoms with Crippen molar-refractivity contribution < 1.29 is 0 Å². The maximum atomic E-state index is 8.73. The number of fused-ring (bicyclic) bond motifs is 1. The highest BCUT2D eigenvalue weighted by atomic mass is 79.9. The van der Waals surface area contributed by atoms with Crippen LogP contribution in [0.1, 0.15) is 5.56 Å². The van der Waals surface area contributed by atoms with Gasteiger partial charge in [-0.05, 0) is 28.1 Å². The summed E-state index contributed by atoms with van der Waals surface area (Å²) in [7, 11) is 1.86. The Morgan fingerprint density at radius 3 is 3.00 bits per heavy atom. The average molecular weight is 236 g/mol. The summed E-state index contributed by atoms with van der Waals surface area (Å²) < 4.78 is 2.60. The van der Waals surface area contributed by atoms with Crippen LogP contribution in [0.3, 0.4) is 0 Å². The fourth-order valence-corrected chi connectivity index (χ4v) is 1.83. The Morgan fingerprint density at radius 1 is 1.54 bits per heavy atom. The lowest BCUT2D eigenvalue weighted by Gasteiger charge is -1.92. The van der Waals surface area contributed by atoms with Gasteiger partial charge in [0.2, 0.25) is 0 Å². The number of halogens is 1. The van der Waals surface area contributed by atoms with Gasteiger partial charge in [-0.2, -0.15) is 10.4 Å². The molecule has 1 aromatic carbocycles. The molecule has 0 bridgehead atoms. The summed E-state index contributed by atoms with van der Waals surface area (Å²) in [6, 6.07) is 5.70. The van der Waals surface area contributed by atoms with E-state index in [-0.39, 0.29) is 0 Å². The van der Waals surface area contributed by atoms with Crippen LogP contribution in [0.25, 0.3) is 10.9 Å². The standard InChI is InChI=1S/C9H6BrN3/c1-13-5-7-2-6(4-11)3-8(10)9(7)12-13/h2-3,5H,1H3. The topological polar surface area (TPSA) is 41.6 Å². The van der Waals surface area contributed by atoms with Crippen LogP contribution in [0, 0.1) is 11.3 Å². The summed E-state index contributed by atoms with van der Waals surface area (Å²) >= 11 is 3.37. The van der Waals surface area contributed by atoms with Crippen molar-refractivity contribution in [3.8, 4) is 6.07 Å². The van der Waals surface area contributed by atoms with Gasteiger partial charge in [0.1, 0.15) is 5.52 Å². The molecule has 0 aliphatic heterocycles. The second kappa shape index (κ2) is 2.86. The van der Waals surface area contributed by atoms with Gasteiger partial charge in [0, 0.05) is 23.1 Å². The van der Waals surface area contributed by atoms with Gasteiger partial charge in [0.15, 0.2) is 0 Å². The second-order valence-corrected chi connectivity index (χ2v) is 3.66. The number of rotatable bonds is 0. The van der Waals surface area contributed by atoms with Crippen molar-refractivity contribution in [2.75, 3.05) is 0 Å². The van der Waals surface area contributed by atoms with Crippen molar-refractivity contribution >= 4 is 26.8 Å². The lowest BCUT2D eigenvalue weighted by atomic mass is 10.2. The van der Waals surface area contributed by atoms with Gasteiger partial charge < -0.3 is 0 Å². The monoisotopic (exact) mass is 235 g/mol. The summed E-state index contributed by atoms with van der Waals surface area (Å²) in [6.07, 6.45) is 1.89. The van der Waals surface area contributed by atoms with E-state index in [9.17, 15) is 0 Å². The van der Waals surface area contributed by atoms with Crippen LogP contribution in [-0.2, 0) is 7.05 Å². The maximum absolute atomic E-state index is 8.73. The van der Waals surface area contributed by atoms with Crippen LogP contribution in [0.4, 0.5) is 0 Å². The molecule has 0 aliphatic carbocycles. The zero-order valence-corrected chi connectivity index (χ0v) is 8.54. The molecule has 2 aromatic rings. The Hall–Kier alpha value is -1.34. The number of hydrogen-bond donors (Lipinski definition) is 0. The molecule has 0 unspecified atom stereocenters. The first-order chi connectivity index (χ1) is 6.20. The van der Waals surface area contributed by atoms with Crippen molar-refractivity contribution in [1.82, 2.24) is 9.78 Å². The average Bonchev–Trinajstić information content (AvgIpc) is 2.46. The van der Waals surface area contributed by atoms with Crippen LogP contribution >= 0.6 is 15.9 Å². The number of aryl methyl sites for hydroxylation is 1. The van der Waals surface area contributed by atoms with Crippen molar-refractivity contribution in [2.24, 2.45) is 7.05 Å². The molecular weight excluding hydrogens is 230 g/mol. The third-order valence-electron chi connectivity index (χ3n) is 1.81. The van der Waals surface area contributed by atoms with Crippen molar-refractivity contribution in [3.05, 3.63) is 28.4 Å². The Labute approximate surface area is 83.7 Å². The van der Waals surface area contributed by atoms with Crippen LogP contribution in [-0.4, -0.2) is 9.78 Å². The first-order valence-electron chi connectivity index (χ1n) is 3.73. The molecule has 3 nitrogen and oxygen atoms in total. The van der Waals surface area contributed by atoms with E-state index < -0.39 is 0 Å². The van der Waals surface area contributed by atoms with Gasteiger partial charge in [-0.1, -0.05) is 0 Å².